The molecule has 0 aromatic rings. The van der Waals surface area contributed by atoms with Crippen LogP contribution in [0.25, 0.3) is 0 Å². The summed E-state index contributed by atoms with van der Waals surface area (Å²) in [6.45, 7) is 2.10. The molecule has 0 bridgehead atoms. The van der Waals surface area contributed by atoms with Crippen LogP contribution in [0, 0.1) is 5.92 Å². The molecule has 5 heteroatoms. The molecule has 1 atom stereocenters. The van der Waals surface area contributed by atoms with E-state index in [1.807, 2.05) is 0 Å². The maximum Gasteiger partial charge on any atom is 0.500 e. The van der Waals surface area contributed by atoms with E-state index in [9.17, 15) is 0 Å². The predicted octanol–water partition coefficient (Wildman–Crippen LogP) is 1.43. The van der Waals surface area contributed by atoms with Gasteiger partial charge in [0.05, 0.1) is 0 Å². The van der Waals surface area contributed by atoms with Gasteiger partial charge in [0.25, 0.3) is 0 Å². The van der Waals surface area contributed by atoms with Crippen molar-refractivity contribution in [1.29, 1.82) is 0 Å². The minimum Gasteiger partial charge on any atom is -0.377 e. The summed E-state index contributed by atoms with van der Waals surface area (Å²) in [5.74, 6) is 1.28. The second kappa shape index (κ2) is 5.99. The van der Waals surface area contributed by atoms with Crippen LogP contribution in [0.1, 0.15) is 6.92 Å². The van der Waals surface area contributed by atoms with E-state index in [-0.39, 0.29) is 0 Å². The molecule has 0 saturated heterocycles. The molecule has 12 heavy (non-hydrogen) atoms. The van der Waals surface area contributed by atoms with Gasteiger partial charge in [0.2, 0.25) is 0 Å². The average Bonchev–Trinajstić information content (AvgIpc) is 2.14. The highest BCUT2D eigenvalue weighted by Gasteiger charge is 2.38. The first-order valence-corrected chi connectivity index (χ1v) is 6.47. The summed E-state index contributed by atoms with van der Waals surface area (Å²) in [5, 5.41) is 0. The fraction of sp³-hybridized carbons (Fsp3) is 1.00. The second-order valence-electron chi connectivity index (χ2n) is 2.79. The number of hydrogen-bond acceptors (Lipinski definition) is 4. The Labute approximate surface area is 81.2 Å². The molecule has 0 radical (unpaired) electrons. The zero-order valence-corrected chi connectivity index (χ0v) is 10.1. The minimum atomic E-state index is -2.35. The fourth-order valence-electron chi connectivity index (χ4n) is 0.991. The summed E-state index contributed by atoms with van der Waals surface area (Å²) in [7, 11) is 2.54. The van der Waals surface area contributed by atoms with Crippen LogP contribution in [-0.4, -0.2) is 35.9 Å². The van der Waals surface area contributed by atoms with E-state index in [1.165, 1.54) is 0 Å². The van der Waals surface area contributed by atoms with E-state index in [1.54, 1.807) is 21.3 Å². The summed E-state index contributed by atoms with van der Waals surface area (Å²) < 4.78 is 15.8. The zero-order valence-electron chi connectivity index (χ0n) is 8.16. The Kier molecular flexibility index (Phi) is 6.21. The molecule has 0 N–H and O–H groups in total. The Hall–Kier alpha value is 0.447. The van der Waals surface area contributed by atoms with E-state index in [0.29, 0.717) is 5.92 Å². The van der Waals surface area contributed by atoms with Crippen LogP contribution in [0.5, 0.6) is 0 Å². The van der Waals surface area contributed by atoms with Crippen molar-refractivity contribution in [3.63, 3.8) is 0 Å². The van der Waals surface area contributed by atoms with Crippen molar-refractivity contribution in [2.75, 3.05) is 27.1 Å². The highest BCUT2D eigenvalue weighted by molar-refractivity contribution is 7.80. The quantitative estimate of drug-likeness (QED) is 0.531. The second-order valence-corrected chi connectivity index (χ2v) is 6.15. The van der Waals surface area contributed by atoms with Gasteiger partial charge in [-0.25, -0.2) is 0 Å². The Morgan fingerprint density at radius 1 is 1.17 bits per heavy atom. The van der Waals surface area contributed by atoms with Crippen LogP contribution in [0.3, 0.4) is 0 Å². The molecule has 0 spiro atoms. The molecule has 0 heterocycles. The van der Waals surface area contributed by atoms with Gasteiger partial charge in [-0.15, -0.1) is 0 Å². The number of rotatable bonds is 6. The van der Waals surface area contributed by atoms with Gasteiger partial charge in [-0.2, -0.15) is 12.6 Å². The van der Waals surface area contributed by atoms with Crippen molar-refractivity contribution in [3.8, 4) is 0 Å². The monoisotopic (exact) mass is 210 g/mol. The molecule has 0 fully saturated rings. The summed E-state index contributed by atoms with van der Waals surface area (Å²) in [4.78, 5) is 0. The summed E-state index contributed by atoms with van der Waals surface area (Å²) in [6.07, 6.45) is 0. The standard InChI is InChI=1S/C7H18O3SSi/c1-7(5-11)6-12(8-2,9-3)10-4/h7,11H,5-6H2,1-4H3. The largest absolute Gasteiger partial charge is 0.500 e. The third kappa shape index (κ3) is 3.45. The Morgan fingerprint density at radius 3 is 1.83 bits per heavy atom. The van der Waals surface area contributed by atoms with Gasteiger partial charge in [-0.1, -0.05) is 6.92 Å². The first kappa shape index (κ1) is 12.4. The van der Waals surface area contributed by atoms with Crippen molar-refractivity contribution in [2.24, 2.45) is 5.92 Å². The van der Waals surface area contributed by atoms with E-state index < -0.39 is 8.80 Å². The molecule has 0 amide bonds. The predicted molar refractivity (Wildman–Crippen MR) is 54.6 cm³/mol. The van der Waals surface area contributed by atoms with Crippen LogP contribution in [0.15, 0.2) is 0 Å². The first-order chi connectivity index (χ1) is 5.64. The topological polar surface area (TPSA) is 27.7 Å². The molecule has 3 nitrogen and oxygen atoms in total. The molecular formula is C7H18O3SSi. The summed E-state index contributed by atoms with van der Waals surface area (Å²) in [5.41, 5.74) is 0. The lowest BCUT2D eigenvalue weighted by atomic mass is 10.3. The normalized spacial score (nSPS) is 14.8. The molecule has 0 aliphatic carbocycles. The molecule has 74 valence electrons. The Morgan fingerprint density at radius 2 is 1.58 bits per heavy atom. The zero-order chi connectivity index (χ0) is 9.61. The molecule has 0 aromatic carbocycles. The maximum atomic E-state index is 5.27. The number of hydrogen-bond donors (Lipinski definition) is 1. The molecule has 0 rings (SSSR count). The smallest absolute Gasteiger partial charge is 0.377 e. The minimum absolute atomic E-state index is 0.458. The van der Waals surface area contributed by atoms with E-state index >= 15 is 0 Å². The summed E-state index contributed by atoms with van der Waals surface area (Å²) in [6, 6.07) is 0.819. The van der Waals surface area contributed by atoms with Gasteiger partial charge >= 0.3 is 8.80 Å². The third-order valence-corrected chi connectivity index (χ3v) is 5.53. The van der Waals surface area contributed by atoms with Crippen LogP contribution < -0.4 is 0 Å². The van der Waals surface area contributed by atoms with E-state index in [0.717, 1.165) is 11.8 Å². The van der Waals surface area contributed by atoms with Crippen molar-refractivity contribution in [1.82, 2.24) is 0 Å². The van der Waals surface area contributed by atoms with Crippen LogP contribution in [-0.2, 0) is 13.3 Å². The van der Waals surface area contributed by atoms with Crippen LogP contribution >= 0.6 is 12.6 Å². The lowest BCUT2D eigenvalue weighted by molar-refractivity contribution is 0.120. The van der Waals surface area contributed by atoms with E-state index in [4.69, 9.17) is 13.3 Å². The third-order valence-electron chi connectivity index (χ3n) is 1.84. The first-order valence-electron chi connectivity index (χ1n) is 3.90. The van der Waals surface area contributed by atoms with Gasteiger partial charge in [0.15, 0.2) is 0 Å². The van der Waals surface area contributed by atoms with Crippen molar-refractivity contribution < 1.29 is 13.3 Å². The van der Waals surface area contributed by atoms with Gasteiger partial charge in [0, 0.05) is 27.4 Å². The van der Waals surface area contributed by atoms with Crippen molar-refractivity contribution in [3.05, 3.63) is 0 Å². The molecule has 0 aromatic heterocycles. The molecule has 0 aliphatic rings. The highest BCUT2D eigenvalue weighted by atomic mass is 32.1. The lowest BCUT2D eigenvalue weighted by Gasteiger charge is -2.26. The number of thiol groups is 1. The fourth-order valence-corrected chi connectivity index (χ4v) is 3.36. The van der Waals surface area contributed by atoms with Gasteiger partial charge in [0.1, 0.15) is 0 Å². The van der Waals surface area contributed by atoms with Gasteiger partial charge in [-0.3, -0.25) is 0 Å². The summed E-state index contributed by atoms with van der Waals surface area (Å²) >= 11 is 4.20. The molecule has 0 aliphatic heterocycles. The van der Waals surface area contributed by atoms with Crippen LogP contribution in [0.4, 0.5) is 0 Å². The van der Waals surface area contributed by atoms with E-state index in [2.05, 4.69) is 19.6 Å². The Balaban J connectivity index is 4.09. The maximum absolute atomic E-state index is 5.27. The lowest BCUT2D eigenvalue weighted by Crippen LogP contribution is -2.44. The molecular weight excluding hydrogens is 192 g/mol. The SMILES string of the molecule is CO[Si](CC(C)CS)(OC)OC. The highest BCUT2D eigenvalue weighted by Crippen LogP contribution is 2.19. The van der Waals surface area contributed by atoms with Crippen molar-refractivity contribution in [2.45, 2.75) is 13.0 Å². The van der Waals surface area contributed by atoms with Crippen LogP contribution in [0.2, 0.25) is 6.04 Å². The van der Waals surface area contributed by atoms with Gasteiger partial charge < -0.3 is 13.3 Å². The molecule has 0 saturated carbocycles. The molecule has 1 unspecified atom stereocenters. The van der Waals surface area contributed by atoms with Crippen molar-refractivity contribution >= 4 is 21.4 Å². The average molecular weight is 210 g/mol. The Bertz CT molecular complexity index is 111. The van der Waals surface area contributed by atoms with Gasteiger partial charge in [-0.05, 0) is 11.7 Å².